The first-order valence-electron chi connectivity index (χ1n) is 7.51. The van der Waals surface area contributed by atoms with E-state index in [2.05, 4.69) is 5.32 Å². The predicted octanol–water partition coefficient (Wildman–Crippen LogP) is 3.72. The molecule has 0 atom stereocenters. The molecule has 2 aromatic rings. The molecule has 25 heavy (non-hydrogen) atoms. The van der Waals surface area contributed by atoms with Crippen molar-refractivity contribution in [3.05, 3.63) is 54.1 Å². The number of benzene rings is 2. The summed E-state index contributed by atoms with van der Waals surface area (Å²) in [7, 11) is -4.68. The second kappa shape index (κ2) is 8.06. The van der Waals surface area contributed by atoms with E-state index in [1.165, 1.54) is 12.1 Å². The summed E-state index contributed by atoms with van der Waals surface area (Å²) in [6.45, 7) is 2.45. The van der Waals surface area contributed by atoms with Crippen LogP contribution in [0.25, 0.3) is 0 Å². The van der Waals surface area contributed by atoms with Crippen LogP contribution in [0.15, 0.2) is 53.4 Å². The number of alkyl halides is 2. The predicted molar refractivity (Wildman–Crippen MR) is 89.8 cm³/mol. The summed E-state index contributed by atoms with van der Waals surface area (Å²) in [5.74, 6) is -3.50. The van der Waals surface area contributed by atoms with Crippen LogP contribution in [0.2, 0.25) is 0 Å². The van der Waals surface area contributed by atoms with Gasteiger partial charge in [-0.05, 0) is 42.8 Å². The lowest BCUT2D eigenvalue weighted by Gasteiger charge is -2.12. The summed E-state index contributed by atoms with van der Waals surface area (Å²) in [5, 5.41) is 2.66. The van der Waals surface area contributed by atoms with E-state index in [0.717, 1.165) is 18.6 Å². The van der Waals surface area contributed by atoms with Crippen molar-refractivity contribution < 1.29 is 26.7 Å². The quantitative estimate of drug-likeness (QED) is 0.807. The molecule has 2 aromatic carbocycles. The third-order valence-corrected chi connectivity index (χ3v) is 4.67. The summed E-state index contributed by atoms with van der Waals surface area (Å²) < 4.78 is 53.3. The Morgan fingerprint density at radius 3 is 2.36 bits per heavy atom. The molecule has 1 N–H and O–H groups in total. The molecule has 0 unspecified atom stereocenters. The van der Waals surface area contributed by atoms with Crippen molar-refractivity contribution in [2.45, 2.75) is 24.0 Å². The van der Waals surface area contributed by atoms with Crippen molar-refractivity contribution in [1.82, 2.24) is 0 Å². The Balaban J connectivity index is 2.17. The van der Waals surface area contributed by atoms with Gasteiger partial charge in [-0.1, -0.05) is 19.1 Å². The lowest BCUT2D eigenvalue weighted by atomic mass is 10.2. The van der Waals surface area contributed by atoms with Gasteiger partial charge in [0.2, 0.25) is 9.84 Å². The maximum Gasteiger partial charge on any atom is 0.341 e. The van der Waals surface area contributed by atoms with E-state index >= 15 is 0 Å². The maximum absolute atomic E-state index is 12.5. The van der Waals surface area contributed by atoms with E-state index in [-0.39, 0.29) is 5.56 Å². The summed E-state index contributed by atoms with van der Waals surface area (Å²) in [6, 6.07) is 11.2. The van der Waals surface area contributed by atoms with Crippen molar-refractivity contribution in [2.75, 3.05) is 11.9 Å². The topological polar surface area (TPSA) is 72.5 Å². The number of sulfone groups is 1. The molecule has 0 spiro atoms. The highest BCUT2D eigenvalue weighted by Gasteiger charge is 2.26. The Morgan fingerprint density at radius 1 is 1.12 bits per heavy atom. The van der Waals surface area contributed by atoms with E-state index in [1.807, 2.05) is 6.92 Å². The van der Waals surface area contributed by atoms with Crippen LogP contribution in [0.4, 0.5) is 14.5 Å². The SMILES string of the molecule is CCCOc1ccccc1NC(=O)c1ccc(S(=O)(=O)C(F)F)cc1. The molecule has 0 saturated heterocycles. The fraction of sp³-hybridized carbons (Fsp3) is 0.235. The summed E-state index contributed by atoms with van der Waals surface area (Å²) in [6.07, 6.45) is 0.808. The first-order chi connectivity index (χ1) is 11.9. The van der Waals surface area contributed by atoms with Crippen LogP contribution in [0.1, 0.15) is 23.7 Å². The number of para-hydroxylation sites is 2. The fourth-order valence-electron chi connectivity index (χ4n) is 2.00. The Kier molecular flexibility index (Phi) is 6.08. The molecule has 0 saturated carbocycles. The molecule has 0 aliphatic carbocycles. The van der Waals surface area contributed by atoms with Gasteiger partial charge < -0.3 is 10.1 Å². The first kappa shape index (κ1) is 18.9. The number of hydrogen-bond donors (Lipinski definition) is 1. The fourth-order valence-corrected chi connectivity index (χ4v) is 2.72. The van der Waals surface area contributed by atoms with E-state index in [1.54, 1.807) is 24.3 Å². The number of hydrogen-bond acceptors (Lipinski definition) is 4. The second-order valence-corrected chi connectivity index (χ2v) is 7.05. The van der Waals surface area contributed by atoms with Crippen LogP contribution in [0.5, 0.6) is 5.75 Å². The van der Waals surface area contributed by atoms with Crippen molar-refractivity contribution in [1.29, 1.82) is 0 Å². The molecule has 5 nitrogen and oxygen atoms in total. The summed E-state index contributed by atoms with van der Waals surface area (Å²) in [4.78, 5) is 11.7. The lowest BCUT2D eigenvalue weighted by molar-refractivity contribution is 0.102. The van der Waals surface area contributed by atoms with Crippen LogP contribution in [0, 0.1) is 0 Å². The number of amides is 1. The van der Waals surface area contributed by atoms with Crippen LogP contribution in [0.3, 0.4) is 0 Å². The van der Waals surface area contributed by atoms with Gasteiger partial charge in [0.05, 0.1) is 17.2 Å². The number of carbonyl (C=O) groups excluding carboxylic acids is 1. The third-order valence-electron chi connectivity index (χ3n) is 3.28. The van der Waals surface area contributed by atoms with Crippen molar-refractivity contribution in [3.8, 4) is 5.75 Å². The van der Waals surface area contributed by atoms with Crippen molar-refractivity contribution in [2.24, 2.45) is 0 Å². The van der Waals surface area contributed by atoms with Crippen LogP contribution in [-0.4, -0.2) is 26.7 Å². The lowest BCUT2D eigenvalue weighted by Crippen LogP contribution is -2.14. The van der Waals surface area contributed by atoms with Crippen LogP contribution >= 0.6 is 0 Å². The smallest absolute Gasteiger partial charge is 0.341 e. The van der Waals surface area contributed by atoms with Gasteiger partial charge in [-0.25, -0.2) is 8.42 Å². The zero-order chi connectivity index (χ0) is 18.4. The van der Waals surface area contributed by atoms with Gasteiger partial charge in [-0.2, -0.15) is 8.78 Å². The molecule has 0 radical (unpaired) electrons. The standard InChI is InChI=1S/C17H17F2NO4S/c1-2-11-24-15-6-4-3-5-14(15)20-16(21)12-7-9-13(10-8-12)25(22,23)17(18)19/h3-10,17H,2,11H2,1H3,(H,20,21). The van der Waals surface area contributed by atoms with Crippen LogP contribution < -0.4 is 10.1 Å². The molecule has 0 aliphatic rings. The zero-order valence-corrected chi connectivity index (χ0v) is 14.2. The second-order valence-electron chi connectivity index (χ2n) is 5.13. The minimum Gasteiger partial charge on any atom is -0.491 e. The van der Waals surface area contributed by atoms with Gasteiger partial charge in [-0.3, -0.25) is 4.79 Å². The molecule has 0 aliphatic heterocycles. The molecule has 0 aromatic heterocycles. The first-order valence-corrected chi connectivity index (χ1v) is 9.06. The van der Waals surface area contributed by atoms with Gasteiger partial charge in [0, 0.05) is 5.56 Å². The minimum atomic E-state index is -4.68. The van der Waals surface area contributed by atoms with E-state index in [9.17, 15) is 22.0 Å². The average Bonchev–Trinajstić information content (AvgIpc) is 2.61. The Bertz CT molecular complexity index is 836. The number of anilines is 1. The molecular weight excluding hydrogens is 352 g/mol. The Hall–Kier alpha value is -2.48. The molecule has 134 valence electrons. The number of carbonyl (C=O) groups is 1. The zero-order valence-electron chi connectivity index (χ0n) is 13.4. The molecular formula is C17H17F2NO4S. The highest BCUT2D eigenvalue weighted by Crippen LogP contribution is 2.25. The molecule has 1 amide bonds. The molecule has 2 rings (SSSR count). The number of nitrogens with one attached hydrogen (secondary N) is 1. The van der Waals surface area contributed by atoms with Gasteiger partial charge in [0.25, 0.3) is 5.91 Å². The number of ether oxygens (including phenoxy) is 1. The largest absolute Gasteiger partial charge is 0.491 e. The molecule has 0 heterocycles. The third kappa shape index (κ3) is 4.54. The Morgan fingerprint density at radius 2 is 1.76 bits per heavy atom. The van der Waals surface area contributed by atoms with Gasteiger partial charge in [0.1, 0.15) is 5.75 Å². The summed E-state index contributed by atoms with van der Waals surface area (Å²) >= 11 is 0. The molecule has 8 heteroatoms. The van der Waals surface area contributed by atoms with Gasteiger partial charge in [0.15, 0.2) is 0 Å². The summed E-state index contributed by atoms with van der Waals surface area (Å²) in [5.41, 5.74) is 0.601. The van der Waals surface area contributed by atoms with Crippen molar-refractivity contribution >= 4 is 21.4 Å². The number of halogens is 2. The van der Waals surface area contributed by atoms with Crippen LogP contribution in [-0.2, 0) is 9.84 Å². The normalized spacial score (nSPS) is 11.4. The van der Waals surface area contributed by atoms with Gasteiger partial charge in [-0.15, -0.1) is 0 Å². The highest BCUT2D eigenvalue weighted by molar-refractivity contribution is 7.91. The number of rotatable bonds is 7. The minimum absolute atomic E-state index is 0.138. The molecule has 0 fully saturated rings. The average molecular weight is 369 g/mol. The Labute approximate surface area is 144 Å². The molecule has 0 bridgehead atoms. The highest BCUT2D eigenvalue weighted by atomic mass is 32.2. The maximum atomic E-state index is 12.5. The van der Waals surface area contributed by atoms with E-state index in [0.29, 0.717) is 18.0 Å². The van der Waals surface area contributed by atoms with Crippen molar-refractivity contribution in [3.63, 3.8) is 0 Å². The van der Waals surface area contributed by atoms with E-state index in [4.69, 9.17) is 4.74 Å². The van der Waals surface area contributed by atoms with E-state index < -0.39 is 26.4 Å². The van der Waals surface area contributed by atoms with Gasteiger partial charge >= 0.3 is 5.76 Å². The monoisotopic (exact) mass is 369 g/mol.